The SMILES string of the molecule is C[N+](C)(I)CC1CC1. The van der Waals surface area contributed by atoms with Crippen molar-refractivity contribution < 1.29 is 2.70 Å². The number of halogens is 1. The summed E-state index contributed by atoms with van der Waals surface area (Å²) in [7, 11) is 4.50. The van der Waals surface area contributed by atoms with E-state index >= 15 is 0 Å². The van der Waals surface area contributed by atoms with E-state index in [4.69, 9.17) is 0 Å². The molecule has 0 spiro atoms. The van der Waals surface area contributed by atoms with Gasteiger partial charge in [0, 0.05) is 5.92 Å². The Morgan fingerprint density at radius 1 is 1.50 bits per heavy atom. The lowest BCUT2D eigenvalue weighted by Crippen LogP contribution is -2.28. The topological polar surface area (TPSA) is 0 Å². The second-order valence-electron chi connectivity index (χ2n) is 3.16. The highest BCUT2D eigenvalue weighted by molar-refractivity contribution is 14.1. The molecule has 0 heterocycles. The third-order valence-electron chi connectivity index (χ3n) is 1.39. The highest BCUT2D eigenvalue weighted by atomic mass is 127. The number of hydrogen-bond donors (Lipinski definition) is 0. The molecule has 0 aromatic heterocycles. The third kappa shape index (κ3) is 2.87. The molecular weight excluding hydrogens is 213 g/mol. The minimum atomic E-state index is 1.06. The van der Waals surface area contributed by atoms with Gasteiger partial charge in [-0.15, -0.1) is 0 Å². The molecule has 0 saturated heterocycles. The van der Waals surface area contributed by atoms with E-state index in [1.165, 1.54) is 19.4 Å². The van der Waals surface area contributed by atoms with Crippen LogP contribution in [0.2, 0.25) is 0 Å². The fourth-order valence-electron chi connectivity index (χ4n) is 0.914. The van der Waals surface area contributed by atoms with Crippen molar-refractivity contribution in [1.29, 1.82) is 0 Å². The Labute approximate surface area is 65.1 Å². The van der Waals surface area contributed by atoms with Crippen LogP contribution in [0.25, 0.3) is 0 Å². The Morgan fingerprint density at radius 2 is 2.00 bits per heavy atom. The van der Waals surface area contributed by atoms with Gasteiger partial charge < -0.3 is 0 Å². The van der Waals surface area contributed by atoms with Crippen LogP contribution in [0.15, 0.2) is 0 Å². The first-order valence-corrected chi connectivity index (χ1v) is 4.07. The minimum Gasteiger partial charge on any atom is -0.272 e. The van der Waals surface area contributed by atoms with Crippen molar-refractivity contribution in [2.24, 2.45) is 5.92 Å². The quantitative estimate of drug-likeness (QED) is 0.497. The van der Waals surface area contributed by atoms with Gasteiger partial charge in [0.2, 0.25) is 22.9 Å². The Balaban J connectivity index is 2.16. The number of quaternary nitrogens is 1. The summed E-state index contributed by atoms with van der Waals surface area (Å²) in [6, 6.07) is 0. The molecule has 0 aromatic rings. The predicted octanol–water partition coefficient (Wildman–Crippen LogP) is 1.82. The predicted molar refractivity (Wildman–Crippen MR) is 43.7 cm³/mol. The van der Waals surface area contributed by atoms with Crippen molar-refractivity contribution in [3.05, 3.63) is 0 Å². The van der Waals surface area contributed by atoms with Gasteiger partial charge in [0.05, 0.1) is 20.6 Å². The first-order valence-electron chi connectivity index (χ1n) is 3.10. The van der Waals surface area contributed by atoms with Crippen LogP contribution in [-0.2, 0) is 0 Å². The van der Waals surface area contributed by atoms with Gasteiger partial charge in [-0.05, 0) is 12.8 Å². The van der Waals surface area contributed by atoms with Gasteiger partial charge in [-0.1, -0.05) is 0 Å². The second-order valence-corrected chi connectivity index (χ2v) is 5.78. The van der Waals surface area contributed by atoms with Crippen LogP contribution in [0.3, 0.4) is 0 Å². The maximum absolute atomic E-state index is 2.47. The van der Waals surface area contributed by atoms with E-state index in [1.54, 1.807) is 0 Å². The molecule has 0 radical (unpaired) electrons. The van der Waals surface area contributed by atoms with Gasteiger partial charge >= 0.3 is 0 Å². The Morgan fingerprint density at radius 3 is 2.12 bits per heavy atom. The zero-order valence-corrected chi connectivity index (χ0v) is 7.68. The number of hydrogen-bond acceptors (Lipinski definition) is 0. The lowest BCUT2D eigenvalue weighted by Gasteiger charge is -2.18. The van der Waals surface area contributed by atoms with Crippen molar-refractivity contribution in [2.75, 3.05) is 20.6 Å². The zero-order valence-electron chi connectivity index (χ0n) is 5.52. The molecule has 1 rings (SSSR count). The van der Waals surface area contributed by atoms with E-state index in [1.807, 2.05) is 0 Å². The standard InChI is InChI=1S/C6H13IN/c1-8(2,7)5-6-3-4-6/h6H,3-5H2,1-2H3/q+1. The minimum absolute atomic E-state index is 1.06. The summed E-state index contributed by atoms with van der Waals surface area (Å²) >= 11 is 2.47. The number of rotatable bonds is 2. The normalized spacial score (nSPS) is 21.4. The van der Waals surface area contributed by atoms with E-state index in [0.29, 0.717) is 0 Å². The van der Waals surface area contributed by atoms with E-state index in [0.717, 1.165) is 8.61 Å². The molecule has 0 amide bonds. The summed E-state index contributed by atoms with van der Waals surface area (Å²) in [5.74, 6) is 1.06. The van der Waals surface area contributed by atoms with Crippen molar-refractivity contribution in [1.82, 2.24) is 0 Å². The molecule has 0 aliphatic heterocycles. The van der Waals surface area contributed by atoms with Crippen LogP contribution >= 0.6 is 22.9 Å². The molecule has 2 heteroatoms. The van der Waals surface area contributed by atoms with Crippen LogP contribution in [0.5, 0.6) is 0 Å². The summed E-state index contributed by atoms with van der Waals surface area (Å²) in [6.07, 6.45) is 2.95. The largest absolute Gasteiger partial charge is 0.272 e. The molecule has 1 aliphatic rings. The second kappa shape index (κ2) is 2.14. The van der Waals surface area contributed by atoms with Gasteiger partial charge in [-0.2, -0.15) is 0 Å². The molecule has 0 N–H and O–H groups in total. The van der Waals surface area contributed by atoms with Gasteiger partial charge in [-0.3, -0.25) is 2.70 Å². The Kier molecular flexibility index (Phi) is 1.82. The first kappa shape index (κ1) is 6.81. The first-order chi connectivity index (χ1) is 3.58. The lowest BCUT2D eigenvalue weighted by molar-refractivity contribution is -0.709. The van der Waals surface area contributed by atoms with Crippen LogP contribution in [0.4, 0.5) is 0 Å². The highest BCUT2D eigenvalue weighted by Gasteiger charge is 2.28. The summed E-state index contributed by atoms with van der Waals surface area (Å²) in [5.41, 5.74) is 0. The monoisotopic (exact) mass is 226 g/mol. The van der Waals surface area contributed by atoms with E-state index in [9.17, 15) is 0 Å². The molecule has 8 heavy (non-hydrogen) atoms. The van der Waals surface area contributed by atoms with Crippen molar-refractivity contribution >= 4 is 22.9 Å². The van der Waals surface area contributed by atoms with Crippen LogP contribution in [-0.4, -0.2) is 23.3 Å². The average Bonchev–Trinajstić information content (AvgIpc) is 2.12. The van der Waals surface area contributed by atoms with Gasteiger partial charge in [0.25, 0.3) is 0 Å². The van der Waals surface area contributed by atoms with Crippen molar-refractivity contribution in [3.8, 4) is 0 Å². The summed E-state index contributed by atoms with van der Waals surface area (Å²) in [4.78, 5) is 0. The Bertz CT molecular complexity index is 81.0. The smallest absolute Gasteiger partial charge is 0.248 e. The van der Waals surface area contributed by atoms with E-state index in [2.05, 4.69) is 37.0 Å². The molecular formula is C6H13IN+. The molecule has 0 unspecified atom stereocenters. The maximum atomic E-state index is 2.47. The summed E-state index contributed by atoms with van der Waals surface area (Å²) in [5, 5.41) is 0. The van der Waals surface area contributed by atoms with Gasteiger partial charge in [0.15, 0.2) is 0 Å². The van der Waals surface area contributed by atoms with Gasteiger partial charge in [-0.25, -0.2) is 0 Å². The molecule has 1 fully saturated rings. The summed E-state index contributed by atoms with van der Waals surface area (Å²) in [6.45, 7) is 1.36. The molecule has 0 aromatic carbocycles. The van der Waals surface area contributed by atoms with E-state index < -0.39 is 0 Å². The van der Waals surface area contributed by atoms with Crippen LogP contribution in [0, 0.1) is 5.92 Å². The van der Waals surface area contributed by atoms with Crippen molar-refractivity contribution in [2.45, 2.75) is 12.8 Å². The fraction of sp³-hybridized carbons (Fsp3) is 1.00. The molecule has 48 valence electrons. The lowest BCUT2D eigenvalue weighted by atomic mass is 10.4. The maximum Gasteiger partial charge on any atom is 0.248 e. The third-order valence-corrected chi connectivity index (χ3v) is 1.78. The molecule has 1 aliphatic carbocycles. The molecule has 1 nitrogen and oxygen atoms in total. The average molecular weight is 226 g/mol. The van der Waals surface area contributed by atoms with Crippen LogP contribution in [0.1, 0.15) is 12.8 Å². The fourth-order valence-corrected chi connectivity index (χ4v) is 1.47. The molecule has 0 atom stereocenters. The van der Waals surface area contributed by atoms with Crippen LogP contribution < -0.4 is 0 Å². The van der Waals surface area contributed by atoms with Crippen molar-refractivity contribution in [3.63, 3.8) is 0 Å². The van der Waals surface area contributed by atoms with Gasteiger partial charge in [0.1, 0.15) is 0 Å². The molecule has 0 bridgehead atoms. The van der Waals surface area contributed by atoms with E-state index in [-0.39, 0.29) is 0 Å². The highest BCUT2D eigenvalue weighted by Crippen LogP contribution is 2.32. The molecule has 1 saturated carbocycles. The summed E-state index contributed by atoms with van der Waals surface area (Å²) < 4.78 is 1.11. The zero-order chi connectivity index (χ0) is 6.20. The Hall–Kier alpha value is 0.690. The number of nitrogens with zero attached hydrogens (tertiary/aromatic N) is 1.